The minimum Gasteiger partial charge on any atom is -0.457 e. The molecule has 2 aromatic carbocycles. The summed E-state index contributed by atoms with van der Waals surface area (Å²) in [6.07, 6.45) is 4.11. The Hall–Kier alpha value is -1.85. The first-order valence-electron chi connectivity index (χ1n) is 7.88. The summed E-state index contributed by atoms with van der Waals surface area (Å²) in [6, 6.07) is 16.2. The Morgan fingerprint density at radius 3 is 2.09 bits per heavy atom. The zero-order valence-electron chi connectivity index (χ0n) is 13.2. The van der Waals surface area contributed by atoms with Gasteiger partial charge in [-0.15, -0.1) is 0 Å². The number of benzene rings is 2. The molecule has 0 heterocycles. The molecule has 3 rings (SSSR count). The van der Waals surface area contributed by atoms with Gasteiger partial charge in [-0.3, -0.25) is 0 Å². The Balaban J connectivity index is 1.75. The molecule has 0 atom stereocenters. The summed E-state index contributed by atoms with van der Waals surface area (Å²) < 4.78 is 32.6. The lowest BCUT2D eigenvalue weighted by molar-refractivity contribution is 0.373. The first-order valence-corrected chi connectivity index (χ1v) is 9.32. The maximum atomic E-state index is 12.7. The molecule has 5 heteroatoms. The van der Waals surface area contributed by atoms with Crippen molar-refractivity contribution in [3.63, 3.8) is 0 Å². The molecule has 122 valence electrons. The van der Waals surface area contributed by atoms with Gasteiger partial charge in [0, 0.05) is 13.1 Å². The molecule has 1 fully saturated rings. The Morgan fingerprint density at radius 2 is 1.48 bits per heavy atom. The van der Waals surface area contributed by atoms with Crippen molar-refractivity contribution in [1.82, 2.24) is 4.31 Å². The Bertz CT molecular complexity index is 736. The molecule has 0 amide bonds. The Morgan fingerprint density at radius 1 is 0.913 bits per heavy atom. The quantitative estimate of drug-likeness (QED) is 0.830. The van der Waals surface area contributed by atoms with Crippen LogP contribution in [0.2, 0.25) is 0 Å². The van der Waals surface area contributed by atoms with Crippen molar-refractivity contribution in [1.29, 1.82) is 0 Å². The number of sulfonamides is 1. The molecule has 0 unspecified atom stereocenters. The SMILES string of the molecule is CN(C1CCCC1)S(=O)(=O)c1ccc(Oc2ccccc2)cc1. The predicted octanol–water partition coefficient (Wildman–Crippen LogP) is 4.04. The second kappa shape index (κ2) is 6.72. The van der Waals surface area contributed by atoms with E-state index in [4.69, 9.17) is 4.74 Å². The highest BCUT2D eigenvalue weighted by molar-refractivity contribution is 7.89. The van der Waals surface area contributed by atoms with Gasteiger partial charge in [-0.05, 0) is 49.2 Å². The van der Waals surface area contributed by atoms with E-state index in [1.165, 1.54) is 4.31 Å². The van der Waals surface area contributed by atoms with E-state index in [1.54, 1.807) is 31.3 Å². The number of ether oxygens (including phenoxy) is 1. The van der Waals surface area contributed by atoms with Gasteiger partial charge in [-0.25, -0.2) is 8.42 Å². The van der Waals surface area contributed by atoms with E-state index >= 15 is 0 Å². The number of hydrogen-bond donors (Lipinski definition) is 0. The van der Waals surface area contributed by atoms with Gasteiger partial charge >= 0.3 is 0 Å². The molecule has 1 saturated carbocycles. The topological polar surface area (TPSA) is 46.6 Å². The van der Waals surface area contributed by atoms with E-state index in [-0.39, 0.29) is 6.04 Å². The van der Waals surface area contributed by atoms with Crippen molar-refractivity contribution >= 4 is 10.0 Å². The number of para-hydroxylation sites is 1. The van der Waals surface area contributed by atoms with Gasteiger partial charge in [-0.1, -0.05) is 31.0 Å². The average molecular weight is 331 g/mol. The summed E-state index contributed by atoms with van der Waals surface area (Å²) in [5.41, 5.74) is 0. The fourth-order valence-corrected chi connectivity index (χ4v) is 4.35. The van der Waals surface area contributed by atoms with Crippen LogP contribution in [-0.2, 0) is 10.0 Å². The van der Waals surface area contributed by atoms with E-state index in [0.29, 0.717) is 10.6 Å². The zero-order chi connectivity index (χ0) is 16.3. The van der Waals surface area contributed by atoms with Crippen LogP contribution in [0.1, 0.15) is 25.7 Å². The molecule has 2 aromatic rings. The lowest BCUT2D eigenvalue weighted by Gasteiger charge is -2.23. The molecule has 23 heavy (non-hydrogen) atoms. The summed E-state index contributed by atoms with van der Waals surface area (Å²) in [5.74, 6) is 1.35. The van der Waals surface area contributed by atoms with Crippen molar-refractivity contribution in [2.75, 3.05) is 7.05 Å². The van der Waals surface area contributed by atoms with Crippen LogP contribution < -0.4 is 4.74 Å². The van der Waals surface area contributed by atoms with Crippen LogP contribution in [0.5, 0.6) is 11.5 Å². The minimum atomic E-state index is -3.43. The smallest absolute Gasteiger partial charge is 0.243 e. The number of nitrogens with zero attached hydrogens (tertiary/aromatic N) is 1. The third kappa shape index (κ3) is 3.57. The molecular formula is C18H21NO3S. The molecule has 0 aromatic heterocycles. The fraction of sp³-hybridized carbons (Fsp3) is 0.333. The van der Waals surface area contributed by atoms with E-state index in [9.17, 15) is 8.42 Å². The summed E-state index contributed by atoms with van der Waals surface area (Å²) in [7, 11) is -1.75. The molecule has 0 spiro atoms. The van der Waals surface area contributed by atoms with Gasteiger partial charge in [0.15, 0.2) is 0 Å². The molecule has 0 aliphatic heterocycles. The van der Waals surface area contributed by atoms with Crippen LogP contribution >= 0.6 is 0 Å². The van der Waals surface area contributed by atoms with Crippen LogP contribution in [0.25, 0.3) is 0 Å². The van der Waals surface area contributed by atoms with Crippen molar-refractivity contribution < 1.29 is 13.2 Å². The van der Waals surface area contributed by atoms with Crippen LogP contribution in [0.4, 0.5) is 0 Å². The maximum Gasteiger partial charge on any atom is 0.243 e. The zero-order valence-corrected chi connectivity index (χ0v) is 14.0. The van der Waals surface area contributed by atoms with Gasteiger partial charge in [0.2, 0.25) is 10.0 Å². The van der Waals surface area contributed by atoms with Crippen molar-refractivity contribution in [2.24, 2.45) is 0 Å². The predicted molar refractivity (Wildman–Crippen MR) is 90.2 cm³/mol. The van der Waals surface area contributed by atoms with Crippen molar-refractivity contribution in [2.45, 2.75) is 36.6 Å². The molecule has 4 nitrogen and oxygen atoms in total. The second-order valence-electron chi connectivity index (χ2n) is 5.85. The molecule has 0 bridgehead atoms. The Kier molecular flexibility index (Phi) is 4.68. The monoisotopic (exact) mass is 331 g/mol. The van der Waals surface area contributed by atoms with Gasteiger partial charge in [0.05, 0.1) is 4.90 Å². The summed E-state index contributed by atoms with van der Waals surface area (Å²) in [5, 5.41) is 0. The second-order valence-corrected chi connectivity index (χ2v) is 7.84. The third-order valence-corrected chi connectivity index (χ3v) is 6.24. The number of rotatable bonds is 5. The van der Waals surface area contributed by atoms with Crippen molar-refractivity contribution in [3.8, 4) is 11.5 Å². The van der Waals surface area contributed by atoms with Crippen LogP contribution in [0, 0.1) is 0 Å². The van der Waals surface area contributed by atoms with E-state index in [2.05, 4.69) is 0 Å². The first-order chi connectivity index (χ1) is 11.1. The molecule has 0 saturated heterocycles. The van der Waals surface area contributed by atoms with Gasteiger partial charge < -0.3 is 4.74 Å². The molecule has 1 aliphatic carbocycles. The summed E-state index contributed by atoms with van der Waals surface area (Å²) in [4.78, 5) is 0.312. The summed E-state index contributed by atoms with van der Waals surface area (Å²) >= 11 is 0. The maximum absolute atomic E-state index is 12.7. The minimum absolute atomic E-state index is 0.125. The summed E-state index contributed by atoms with van der Waals surface area (Å²) in [6.45, 7) is 0. The highest BCUT2D eigenvalue weighted by Gasteiger charge is 2.29. The Labute approximate surface area is 137 Å². The molecule has 0 N–H and O–H groups in total. The molecular weight excluding hydrogens is 310 g/mol. The van der Waals surface area contributed by atoms with Crippen molar-refractivity contribution in [3.05, 3.63) is 54.6 Å². The van der Waals surface area contributed by atoms with Crippen LogP contribution in [0.3, 0.4) is 0 Å². The van der Waals surface area contributed by atoms with Gasteiger partial charge in [-0.2, -0.15) is 4.31 Å². The van der Waals surface area contributed by atoms with Gasteiger partial charge in [0.1, 0.15) is 11.5 Å². The highest BCUT2D eigenvalue weighted by Crippen LogP contribution is 2.28. The fourth-order valence-electron chi connectivity index (χ4n) is 2.93. The van der Waals surface area contributed by atoms with E-state index in [0.717, 1.165) is 31.4 Å². The van der Waals surface area contributed by atoms with Crippen LogP contribution in [-0.4, -0.2) is 25.8 Å². The standard InChI is InChI=1S/C18H21NO3S/c1-19(15-7-5-6-8-15)23(20,21)18-13-11-17(12-14-18)22-16-9-3-2-4-10-16/h2-4,9-15H,5-8H2,1H3. The van der Waals surface area contributed by atoms with E-state index < -0.39 is 10.0 Å². The molecule has 0 radical (unpaired) electrons. The van der Waals surface area contributed by atoms with Gasteiger partial charge in [0.25, 0.3) is 0 Å². The van der Waals surface area contributed by atoms with Crippen LogP contribution in [0.15, 0.2) is 59.5 Å². The normalized spacial score (nSPS) is 15.9. The van der Waals surface area contributed by atoms with E-state index in [1.807, 2.05) is 30.3 Å². The lowest BCUT2D eigenvalue weighted by atomic mass is 10.3. The lowest BCUT2D eigenvalue weighted by Crippen LogP contribution is -2.35. The largest absolute Gasteiger partial charge is 0.457 e. The first kappa shape index (κ1) is 16.0. The number of hydrogen-bond acceptors (Lipinski definition) is 3. The average Bonchev–Trinajstić information content (AvgIpc) is 3.10. The molecule has 1 aliphatic rings. The highest BCUT2D eigenvalue weighted by atomic mass is 32.2. The third-order valence-electron chi connectivity index (χ3n) is 4.32.